The van der Waals surface area contributed by atoms with Gasteiger partial charge in [-0.15, -0.1) is 0 Å². The molecule has 3 saturated carbocycles. The number of fused-ring (bicyclic) bond motifs is 1. The molecule has 2 aromatic rings. The summed E-state index contributed by atoms with van der Waals surface area (Å²) in [5.41, 5.74) is 1.16. The molecule has 3 fully saturated rings. The highest BCUT2D eigenvalue weighted by atomic mass is 16.5. The first-order chi connectivity index (χ1) is 15.1. The van der Waals surface area contributed by atoms with E-state index >= 15 is 0 Å². The van der Waals surface area contributed by atoms with Crippen molar-refractivity contribution in [1.29, 1.82) is 10.5 Å². The Morgan fingerprint density at radius 3 is 2.77 bits per heavy atom. The lowest BCUT2D eigenvalue weighted by molar-refractivity contribution is -0.148. The third-order valence-electron chi connectivity index (χ3n) is 6.58. The molecule has 9 nitrogen and oxygen atoms in total. The van der Waals surface area contributed by atoms with Crippen molar-refractivity contribution in [3.05, 3.63) is 47.7 Å². The van der Waals surface area contributed by atoms with E-state index < -0.39 is 5.41 Å². The number of carbonyl (C=O) groups is 1. The van der Waals surface area contributed by atoms with Crippen LogP contribution in [0.5, 0.6) is 5.88 Å². The van der Waals surface area contributed by atoms with Crippen molar-refractivity contribution in [2.45, 2.75) is 31.7 Å². The molecule has 4 aliphatic rings. The van der Waals surface area contributed by atoms with Gasteiger partial charge >= 0.3 is 0 Å². The Kier molecular flexibility index (Phi) is 4.59. The Labute approximate surface area is 179 Å². The number of rotatable bonds is 5. The molecule has 0 N–H and O–H groups in total. The summed E-state index contributed by atoms with van der Waals surface area (Å²) in [4.78, 5) is 25.7. The predicted molar refractivity (Wildman–Crippen MR) is 107 cm³/mol. The summed E-state index contributed by atoms with van der Waals surface area (Å²) in [5.74, 6) is 1.15. The van der Waals surface area contributed by atoms with Crippen molar-refractivity contribution < 1.29 is 9.53 Å². The van der Waals surface area contributed by atoms with E-state index in [0.29, 0.717) is 30.4 Å². The molecule has 154 valence electrons. The van der Waals surface area contributed by atoms with Gasteiger partial charge in [0, 0.05) is 25.0 Å². The fraction of sp³-hybridized carbons (Fsp3) is 0.409. The molecule has 2 bridgehead atoms. The molecule has 0 radical (unpaired) electrons. The minimum Gasteiger partial charge on any atom is -0.476 e. The second-order valence-electron chi connectivity index (χ2n) is 8.39. The van der Waals surface area contributed by atoms with Crippen molar-refractivity contribution in [1.82, 2.24) is 20.0 Å². The summed E-state index contributed by atoms with van der Waals surface area (Å²) < 4.78 is 5.78. The molecule has 0 saturated heterocycles. The van der Waals surface area contributed by atoms with Gasteiger partial charge in [0.25, 0.3) is 0 Å². The molecule has 2 aromatic heterocycles. The van der Waals surface area contributed by atoms with Gasteiger partial charge in [-0.2, -0.15) is 15.6 Å². The van der Waals surface area contributed by atoms with Gasteiger partial charge in [-0.3, -0.25) is 9.78 Å². The molecule has 3 heterocycles. The zero-order valence-corrected chi connectivity index (χ0v) is 16.7. The van der Waals surface area contributed by atoms with Gasteiger partial charge in [0.1, 0.15) is 12.1 Å². The van der Waals surface area contributed by atoms with E-state index in [9.17, 15) is 4.79 Å². The lowest BCUT2D eigenvalue weighted by Gasteiger charge is -2.40. The maximum absolute atomic E-state index is 13.5. The SMILES string of the molecule is N#Cc1cncc(C2CC=NN2C(=O)C23CC(COc4cnc(C#N)cn4)C(C2)C3)c1. The van der Waals surface area contributed by atoms with Crippen molar-refractivity contribution in [3.63, 3.8) is 0 Å². The Balaban J connectivity index is 1.25. The first-order valence-electron chi connectivity index (χ1n) is 10.2. The summed E-state index contributed by atoms with van der Waals surface area (Å²) in [6.07, 6.45) is 10.9. The van der Waals surface area contributed by atoms with Gasteiger partial charge in [-0.25, -0.2) is 15.0 Å². The van der Waals surface area contributed by atoms with Gasteiger partial charge in [0.2, 0.25) is 11.8 Å². The van der Waals surface area contributed by atoms with Crippen LogP contribution in [0, 0.1) is 39.9 Å². The smallest absolute Gasteiger partial charge is 0.249 e. The second-order valence-corrected chi connectivity index (χ2v) is 8.39. The van der Waals surface area contributed by atoms with E-state index in [-0.39, 0.29) is 23.6 Å². The Morgan fingerprint density at radius 1 is 1.16 bits per heavy atom. The average molecular weight is 413 g/mol. The maximum Gasteiger partial charge on any atom is 0.249 e. The molecule has 9 heteroatoms. The van der Waals surface area contributed by atoms with Crippen LogP contribution in [0.1, 0.15) is 48.5 Å². The van der Waals surface area contributed by atoms with Crippen LogP contribution in [0.15, 0.2) is 36.0 Å². The number of hydrogen-bond acceptors (Lipinski definition) is 8. The number of pyridine rings is 1. The van der Waals surface area contributed by atoms with E-state index in [1.165, 1.54) is 18.6 Å². The number of amides is 1. The van der Waals surface area contributed by atoms with Crippen molar-refractivity contribution in [2.24, 2.45) is 22.4 Å². The Morgan fingerprint density at radius 2 is 2.03 bits per heavy atom. The topological polar surface area (TPSA) is 128 Å². The molecule has 1 aliphatic heterocycles. The molecule has 2 unspecified atom stereocenters. The minimum atomic E-state index is -0.394. The van der Waals surface area contributed by atoms with Gasteiger partial charge in [0.15, 0.2) is 5.69 Å². The number of carbonyl (C=O) groups excluding carboxylic acids is 1. The van der Waals surface area contributed by atoms with Crippen LogP contribution in [0.2, 0.25) is 0 Å². The number of nitriles is 2. The Hall–Kier alpha value is -3.85. The minimum absolute atomic E-state index is 0.0468. The standard InChI is InChI=1S/C22H19N7O2/c23-7-14-3-15(10-25-9-14)19-1-2-28-29(19)21(30)22-4-16(5-22)17(6-22)13-31-20-12-26-18(8-24)11-27-20/h2-3,9-12,16-17,19H,1,4-6,13H2. The van der Waals surface area contributed by atoms with Gasteiger partial charge in [-0.1, -0.05) is 0 Å². The second kappa shape index (κ2) is 7.44. The highest BCUT2D eigenvalue weighted by molar-refractivity contribution is 5.86. The fourth-order valence-corrected chi connectivity index (χ4v) is 5.04. The van der Waals surface area contributed by atoms with E-state index in [1.807, 2.05) is 6.07 Å². The number of nitrogens with zero attached hydrogens (tertiary/aromatic N) is 7. The summed E-state index contributed by atoms with van der Waals surface area (Å²) in [6, 6.07) is 5.59. The lowest BCUT2D eigenvalue weighted by Crippen LogP contribution is -2.45. The molecule has 1 amide bonds. The first kappa shape index (κ1) is 19.1. The lowest BCUT2D eigenvalue weighted by atomic mass is 9.68. The fourth-order valence-electron chi connectivity index (χ4n) is 5.04. The predicted octanol–water partition coefficient (Wildman–Crippen LogP) is 2.37. The molecule has 0 spiro atoms. The van der Waals surface area contributed by atoms with Crippen LogP contribution < -0.4 is 4.74 Å². The number of hydrogen-bond donors (Lipinski definition) is 0. The van der Waals surface area contributed by atoms with Crippen LogP contribution in [-0.4, -0.2) is 38.7 Å². The van der Waals surface area contributed by atoms with Crippen molar-refractivity contribution in [2.75, 3.05) is 6.61 Å². The van der Waals surface area contributed by atoms with Crippen LogP contribution in [-0.2, 0) is 4.79 Å². The van der Waals surface area contributed by atoms with E-state index in [4.69, 9.17) is 15.3 Å². The van der Waals surface area contributed by atoms with Crippen LogP contribution in [0.3, 0.4) is 0 Å². The van der Waals surface area contributed by atoms with Gasteiger partial charge in [0.05, 0.1) is 36.0 Å². The molecule has 2 atom stereocenters. The molecule has 0 aromatic carbocycles. The summed E-state index contributed by atoms with van der Waals surface area (Å²) in [5, 5.41) is 23.9. The first-order valence-corrected chi connectivity index (χ1v) is 10.2. The van der Waals surface area contributed by atoms with E-state index in [2.05, 4.69) is 26.1 Å². The number of aromatic nitrogens is 3. The van der Waals surface area contributed by atoms with Crippen molar-refractivity contribution in [3.8, 4) is 18.0 Å². The third-order valence-corrected chi connectivity index (χ3v) is 6.58. The van der Waals surface area contributed by atoms with E-state index in [1.54, 1.807) is 23.5 Å². The number of hydrazone groups is 1. The van der Waals surface area contributed by atoms with Gasteiger partial charge < -0.3 is 4.74 Å². The molecule has 3 aliphatic carbocycles. The molecular formula is C22H19N7O2. The van der Waals surface area contributed by atoms with Gasteiger partial charge in [-0.05, 0) is 42.7 Å². The van der Waals surface area contributed by atoms with Crippen LogP contribution >= 0.6 is 0 Å². The number of ether oxygens (including phenoxy) is 1. The monoisotopic (exact) mass is 413 g/mol. The summed E-state index contributed by atoms with van der Waals surface area (Å²) in [6.45, 7) is 0.473. The normalized spacial score (nSPS) is 27.9. The zero-order valence-electron chi connectivity index (χ0n) is 16.7. The van der Waals surface area contributed by atoms with Crippen molar-refractivity contribution >= 4 is 12.1 Å². The maximum atomic E-state index is 13.5. The quantitative estimate of drug-likeness (QED) is 0.736. The average Bonchev–Trinajstić information content (AvgIpc) is 3.51. The molecule has 6 rings (SSSR count). The summed E-state index contributed by atoms with van der Waals surface area (Å²) in [7, 11) is 0. The Bertz CT molecular complexity index is 1130. The zero-order chi connectivity index (χ0) is 21.4. The highest BCUT2D eigenvalue weighted by Gasteiger charge is 2.62. The van der Waals surface area contributed by atoms with E-state index in [0.717, 1.165) is 24.8 Å². The van der Waals surface area contributed by atoms with Crippen LogP contribution in [0.4, 0.5) is 0 Å². The largest absolute Gasteiger partial charge is 0.476 e. The molecule has 31 heavy (non-hydrogen) atoms. The third kappa shape index (κ3) is 3.28. The van der Waals surface area contributed by atoms with Crippen LogP contribution in [0.25, 0.3) is 0 Å². The molecular weight excluding hydrogens is 394 g/mol. The highest BCUT2D eigenvalue weighted by Crippen LogP contribution is 2.63. The summed E-state index contributed by atoms with van der Waals surface area (Å²) >= 11 is 0.